The molecule has 146 valence electrons. The number of hydrogen-bond acceptors (Lipinski definition) is 5. The predicted octanol–water partition coefficient (Wildman–Crippen LogP) is 5.64. The van der Waals surface area contributed by atoms with Crippen molar-refractivity contribution in [3.63, 3.8) is 0 Å². The van der Waals surface area contributed by atoms with Crippen molar-refractivity contribution in [1.82, 2.24) is 0 Å². The van der Waals surface area contributed by atoms with Gasteiger partial charge in [-0.3, -0.25) is 9.69 Å². The second kappa shape index (κ2) is 7.81. The average Bonchev–Trinajstić information content (AvgIpc) is 3.26. The van der Waals surface area contributed by atoms with Gasteiger partial charge in [0.1, 0.15) is 28.9 Å². The molecule has 0 saturated carbocycles. The number of nitrogens with zero attached hydrogens (tertiary/aromatic N) is 1. The minimum atomic E-state index is -0.725. The van der Waals surface area contributed by atoms with Crippen LogP contribution in [0, 0.1) is 11.6 Å². The molecule has 2 aromatic carbocycles. The minimum Gasteiger partial charge on any atom is -0.497 e. The quantitative estimate of drug-likeness (QED) is 0.397. The van der Waals surface area contributed by atoms with Crippen LogP contribution in [-0.2, 0) is 4.79 Å². The van der Waals surface area contributed by atoms with Crippen LogP contribution < -0.4 is 9.64 Å². The number of rotatable bonds is 4. The lowest BCUT2D eigenvalue weighted by molar-refractivity contribution is -0.113. The van der Waals surface area contributed by atoms with E-state index in [4.69, 9.17) is 21.4 Å². The molecule has 0 unspecified atom stereocenters. The third kappa shape index (κ3) is 3.81. The van der Waals surface area contributed by atoms with Gasteiger partial charge in [-0.2, -0.15) is 0 Å². The fourth-order valence-corrected chi connectivity index (χ4v) is 4.09. The molecular formula is C21H13F2NO3S2. The molecule has 1 aliphatic rings. The van der Waals surface area contributed by atoms with Crippen molar-refractivity contribution in [2.75, 3.05) is 12.0 Å². The Hall–Kier alpha value is -2.97. The van der Waals surface area contributed by atoms with Gasteiger partial charge in [-0.05, 0) is 48.5 Å². The summed E-state index contributed by atoms with van der Waals surface area (Å²) in [6, 6.07) is 13.4. The fourth-order valence-electron chi connectivity index (χ4n) is 2.82. The highest BCUT2D eigenvalue weighted by Crippen LogP contribution is 2.37. The number of furan rings is 1. The molecule has 1 fully saturated rings. The van der Waals surface area contributed by atoms with Crippen LogP contribution in [0.3, 0.4) is 0 Å². The van der Waals surface area contributed by atoms with E-state index in [9.17, 15) is 13.6 Å². The highest BCUT2D eigenvalue weighted by atomic mass is 32.2. The molecule has 0 N–H and O–H groups in total. The zero-order valence-electron chi connectivity index (χ0n) is 15.0. The molecule has 0 aliphatic carbocycles. The van der Waals surface area contributed by atoms with Gasteiger partial charge in [0.05, 0.1) is 23.3 Å². The molecule has 3 aromatic rings. The van der Waals surface area contributed by atoms with Gasteiger partial charge in [-0.25, -0.2) is 8.78 Å². The van der Waals surface area contributed by atoms with Crippen LogP contribution in [0.4, 0.5) is 14.5 Å². The molecule has 1 saturated heterocycles. The van der Waals surface area contributed by atoms with Gasteiger partial charge in [0, 0.05) is 12.1 Å². The number of hydrogen-bond donors (Lipinski definition) is 0. The topological polar surface area (TPSA) is 42.7 Å². The number of thioether (sulfide) groups is 1. The highest BCUT2D eigenvalue weighted by Gasteiger charge is 2.33. The Bertz CT molecular complexity index is 1140. The number of carbonyl (C=O) groups is 1. The van der Waals surface area contributed by atoms with E-state index in [0.29, 0.717) is 26.4 Å². The lowest BCUT2D eigenvalue weighted by Crippen LogP contribution is -2.27. The summed E-state index contributed by atoms with van der Waals surface area (Å²) in [5.41, 5.74) is 0.766. The molecule has 0 atom stereocenters. The van der Waals surface area contributed by atoms with Crippen molar-refractivity contribution in [1.29, 1.82) is 0 Å². The molecule has 2 heterocycles. The summed E-state index contributed by atoms with van der Waals surface area (Å²) >= 11 is 6.49. The summed E-state index contributed by atoms with van der Waals surface area (Å²) in [4.78, 5) is 14.6. The minimum absolute atomic E-state index is 0.136. The number of benzene rings is 2. The molecule has 1 aliphatic heterocycles. The monoisotopic (exact) mass is 429 g/mol. The van der Waals surface area contributed by atoms with Crippen LogP contribution in [0.15, 0.2) is 63.9 Å². The molecule has 1 amide bonds. The van der Waals surface area contributed by atoms with Crippen LogP contribution in [0.2, 0.25) is 0 Å². The lowest BCUT2D eigenvalue weighted by atomic mass is 10.1. The summed E-state index contributed by atoms with van der Waals surface area (Å²) in [7, 11) is 1.56. The SMILES string of the molecule is COc1ccc(N2C(=O)/C(=C/c3ccc(-c4ccc(F)cc4F)o3)SC2=S)cc1. The average molecular weight is 429 g/mol. The Morgan fingerprint density at radius 2 is 1.86 bits per heavy atom. The molecule has 4 nitrogen and oxygen atoms in total. The Labute approximate surface area is 174 Å². The fraction of sp³-hybridized carbons (Fsp3) is 0.0476. The van der Waals surface area contributed by atoms with Gasteiger partial charge in [0.15, 0.2) is 4.32 Å². The van der Waals surface area contributed by atoms with E-state index in [2.05, 4.69) is 0 Å². The van der Waals surface area contributed by atoms with Gasteiger partial charge in [0.25, 0.3) is 5.91 Å². The molecule has 8 heteroatoms. The Balaban J connectivity index is 1.60. The van der Waals surface area contributed by atoms with E-state index in [-0.39, 0.29) is 17.2 Å². The summed E-state index contributed by atoms with van der Waals surface area (Å²) in [6.45, 7) is 0. The number of halogens is 2. The molecule has 0 spiro atoms. The van der Waals surface area contributed by atoms with E-state index < -0.39 is 11.6 Å². The standard InChI is InChI=1S/C21H13F2NO3S2/c1-26-14-5-3-13(4-6-14)24-20(25)19(29-21(24)28)11-15-7-9-18(27-15)16-8-2-12(22)10-17(16)23/h2-11H,1H3/b19-11-. The van der Waals surface area contributed by atoms with Gasteiger partial charge >= 0.3 is 0 Å². The first-order chi connectivity index (χ1) is 14.0. The third-order valence-electron chi connectivity index (χ3n) is 4.22. The second-order valence-electron chi connectivity index (χ2n) is 6.04. The number of ether oxygens (including phenoxy) is 1. The Morgan fingerprint density at radius 1 is 1.10 bits per heavy atom. The van der Waals surface area contributed by atoms with E-state index in [1.54, 1.807) is 49.6 Å². The molecule has 29 heavy (non-hydrogen) atoms. The van der Waals surface area contributed by atoms with Crippen molar-refractivity contribution < 1.29 is 22.7 Å². The molecule has 0 radical (unpaired) electrons. The number of carbonyl (C=O) groups excluding carboxylic acids is 1. The molecule has 0 bridgehead atoms. The van der Waals surface area contributed by atoms with E-state index in [1.165, 1.54) is 11.0 Å². The zero-order valence-corrected chi connectivity index (χ0v) is 16.7. The first-order valence-electron chi connectivity index (χ1n) is 8.43. The zero-order chi connectivity index (χ0) is 20.5. The van der Waals surface area contributed by atoms with Crippen LogP contribution in [-0.4, -0.2) is 17.3 Å². The van der Waals surface area contributed by atoms with Gasteiger partial charge in [-0.1, -0.05) is 24.0 Å². The van der Waals surface area contributed by atoms with Gasteiger partial charge in [0.2, 0.25) is 0 Å². The van der Waals surface area contributed by atoms with E-state index in [1.807, 2.05) is 0 Å². The van der Waals surface area contributed by atoms with Crippen molar-refractivity contribution >= 4 is 46.0 Å². The maximum absolute atomic E-state index is 14.0. The number of amides is 1. The van der Waals surface area contributed by atoms with Crippen molar-refractivity contribution in [3.05, 3.63) is 76.9 Å². The van der Waals surface area contributed by atoms with Crippen LogP contribution in [0.1, 0.15) is 5.76 Å². The van der Waals surface area contributed by atoms with Crippen molar-refractivity contribution in [2.45, 2.75) is 0 Å². The van der Waals surface area contributed by atoms with Gasteiger partial charge in [-0.15, -0.1) is 0 Å². The smallest absolute Gasteiger partial charge is 0.270 e. The van der Waals surface area contributed by atoms with Crippen LogP contribution >= 0.6 is 24.0 Å². The Morgan fingerprint density at radius 3 is 2.55 bits per heavy atom. The second-order valence-corrected chi connectivity index (χ2v) is 7.72. The van der Waals surface area contributed by atoms with Crippen LogP contribution in [0.25, 0.3) is 17.4 Å². The maximum atomic E-state index is 14.0. The summed E-state index contributed by atoms with van der Waals surface area (Å²) in [5.74, 6) is -0.405. The number of methoxy groups -OCH3 is 1. The first-order valence-corrected chi connectivity index (χ1v) is 9.66. The van der Waals surface area contributed by atoms with Gasteiger partial charge < -0.3 is 9.15 Å². The normalized spacial score (nSPS) is 15.4. The number of anilines is 1. The lowest BCUT2D eigenvalue weighted by Gasteiger charge is -2.14. The summed E-state index contributed by atoms with van der Waals surface area (Å²) in [5, 5.41) is 0. The summed E-state index contributed by atoms with van der Waals surface area (Å²) < 4.78 is 38.2. The Kier molecular flexibility index (Phi) is 5.21. The number of thiocarbonyl (C=S) groups is 1. The first kappa shape index (κ1) is 19.4. The van der Waals surface area contributed by atoms with E-state index >= 15 is 0 Å². The summed E-state index contributed by atoms with van der Waals surface area (Å²) in [6.07, 6.45) is 1.55. The van der Waals surface area contributed by atoms with E-state index in [0.717, 1.165) is 23.9 Å². The molecule has 4 rings (SSSR count). The highest BCUT2D eigenvalue weighted by molar-refractivity contribution is 8.27. The third-order valence-corrected chi connectivity index (χ3v) is 5.52. The maximum Gasteiger partial charge on any atom is 0.270 e. The largest absolute Gasteiger partial charge is 0.497 e. The molecule has 1 aromatic heterocycles. The van der Waals surface area contributed by atoms with Crippen molar-refractivity contribution in [3.8, 4) is 17.1 Å². The van der Waals surface area contributed by atoms with Crippen LogP contribution in [0.5, 0.6) is 5.75 Å². The van der Waals surface area contributed by atoms with Crippen molar-refractivity contribution in [2.24, 2.45) is 0 Å². The predicted molar refractivity (Wildman–Crippen MR) is 113 cm³/mol. The molecular weight excluding hydrogens is 416 g/mol.